The Labute approximate surface area is 174 Å². The SMILES string of the molecule is CCCc1ncc2c(n1)CCN(Cc1coc3c(Br)cc(Br)cc3c1=O)C2. The van der Waals surface area contributed by atoms with Crippen molar-refractivity contribution < 1.29 is 4.42 Å². The Bertz CT molecular complexity index is 1070. The molecule has 27 heavy (non-hydrogen) atoms. The summed E-state index contributed by atoms with van der Waals surface area (Å²) in [4.78, 5) is 24.3. The van der Waals surface area contributed by atoms with Crippen molar-refractivity contribution in [2.45, 2.75) is 39.3 Å². The highest BCUT2D eigenvalue weighted by Crippen LogP contribution is 2.27. The normalized spacial score (nSPS) is 14.5. The molecule has 0 fully saturated rings. The van der Waals surface area contributed by atoms with Gasteiger partial charge in [-0.25, -0.2) is 9.97 Å². The van der Waals surface area contributed by atoms with E-state index in [0.29, 0.717) is 23.1 Å². The smallest absolute Gasteiger partial charge is 0.197 e. The molecule has 1 aromatic carbocycles. The number of aryl methyl sites for hydroxylation is 1. The molecule has 3 aromatic rings. The van der Waals surface area contributed by atoms with Gasteiger partial charge < -0.3 is 4.42 Å². The molecule has 0 bridgehead atoms. The first-order chi connectivity index (χ1) is 13.0. The quantitative estimate of drug-likeness (QED) is 0.531. The van der Waals surface area contributed by atoms with Crippen molar-refractivity contribution in [3.63, 3.8) is 0 Å². The number of rotatable bonds is 4. The first-order valence-corrected chi connectivity index (χ1v) is 10.6. The number of hydrogen-bond donors (Lipinski definition) is 0. The largest absolute Gasteiger partial charge is 0.463 e. The second kappa shape index (κ2) is 7.81. The molecule has 0 N–H and O–H groups in total. The first-order valence-electron chi connectivity index (χ1n) is 9.00. The van der Waals surface area contributed by atoms with Gasteiger partial charge in [0.25, 0.3) is 0 Å². The predicted octanol–water partition coefficient (Wildman–Crippen LogP) is 4.62. The van der Waals surface area contributed by atoms with Crippen LogP contribution in [0.5, 0.6) is 0 Å². The van der Waals surface area contributed by atoms with E-state index in [2.05, 4.69) is 48.7 Å². The van der Waals surface area contributed by atoms with Crippen LogP contribution in [0, 0.1) is 0 Å². The minimum Gasteiger partial charge on any atom is -0.463 e. The van der Waals surface area contributed by atoms with Crippen LogP contribution < -0.4 is 5.43 Å². The van der Waals surface area contributed by atoms with Crippen LogP contribution >= 0.6 is 31.9 Å². The van der Waals surface area contributed by atoms with E-state index >= 15 is 0 Å². The molecule has 0 atom stereocenters. The minimum absolute atomic E-state index is 0.0126. The second-order valence-electron chi connectivity index (χ2n) is 6.82. The topological polar surface area (TPSA) is 59.2 Å². The molecule has 3 heterocycles. The third-order valence-electron chi connectivity index (χ3n) is 4.79. The summed E-state index contributed by atoms with van der Waals surface area (Å²) in [6.45, 7) is 4.31. The lowest BCUT2D eigenvalue weighted by molar-refractivity contribution is 0.240. The van der Waals surface area contributed by atoms with Crippen molar-refractivity contribution in [1.29, 1.82) is 0 Å². The minimum atomic E-state index is 0.0126. The number of halogens is 2. The average Bonchev–Trinajstić information content (AvgIpc) is 2.65. The lowest BCUT2D eigenvalue weighted by atomic mass is 10.1. The van der Waals surface area contributed by atoms with Gasteiger partial charge in [0.15, 0.2) is 11.0 Å². The molecule has 140 valence electrons. The van der Waals surface area contributed by atoms with E-state index in [1.165, 1.54) is 0 Å². The molecule has 2 aromatic heterocycles. The highest BCUT2D eigenvalue weighted by molar-refractivity contribution is 9.11. The van der Waals surface area contributed by atoms with E-state index in [4.69, 9.17) is 9.40 Å². The van der Waals surface area contributed by atoms with Gasteiger partial charge in [-0.2, -0.15) is 0 Å². The van der Waals surface area contributed by atoms with Crippen LogP contribution in [0.1, 0.15) is 36.0 Å². The number of hydrogen-bond acceptors (Lipinski definition) is 5. The fraction of sp³-hybridized carbons (Fsp3) is 0.350. The summed E-state index contributed by atoms with van der Waals surface area (Å²) in [5, 5.41) is 0.582. The van der Waals surface area contributed by atoms with Crippen LogP contribution in [0.15, 0.2) is 42.7 Å². The molecule has 1 aliphatic heterocycles. The third kappa shape index (κ3) is 3.86. The first kappa shape index (κ1) is 18.8. The molecular formula is C20H19Br2N3O2. The Morgan fingerprint density at radius 2 is 2.15 bits per heavy atom. The molecule has 1 aliphatic rings. The predicted molar refractivity (Wildman–Crippen MR) is 112 cm³/mol. The standard InChI is InChI=1S/C20H19Br2N3O2/c1-2-3-18-23-8-12-9-25(5-4-17(12)24-18)10-13-11-27-20-15(19(13)26)6-14(21)7-16(20)22/h6-8,11H,2-5,9-10H2,1H3. The zero-order valence-corrected chi connectivity index (χ0v) is 18.1. The molecule has 5 nitrogen and oxygen atoms in total. The van der Waals surface area contributed by atoms with E-state index in [0.717, 1.165) is 58.4 Å². The van der Waals surface area contributed by atoms with Crippen molar-refractivity contribution >= 4 is 42.8 Å². The van der Waals surface area contributed by atoms with Gasteiger partial charge in [0.05, 0.1) is 16.1 Å². The summed E-state index contributed by atoms with van der Waals surface area (Å²) in [5.74, 6) is 0.927. The lowest BCUT2D eigenvalue weighted by Crippen LogP contribution is -2.32. The van der Waals surface area contributed by atoms with Crippen LogP contribution in [-0.4, -0.2) is 21.4 Å². The molecule has 0 radical (unpaired) electrons. The number of benzene rings is 1. The summed E-state index contributed by atoms with van der Waals surface area (Å²) in [6, 6.07) is 3.68. The maximum atomic E-state index is 12.9. The van der Waals surface area contributed by atoms with E-state index in [9.17, 15) is 4.79 Å². The fourth-order valence-electron chi connectivity index (χ4n) is 3.45. The molecule has 0 saturated carbocycles. The molecular weight excluding hydrogens is 474 g/mol. The van der Waals surface area contributed by atoms with Crippen molar-refractivity contribution in [2.75, 3.05) is 6.54 Å². The highest BCUT2D eigenvalue weighted by Gasteiger charge is 2.20. The summed E-state index contributed by atoms with van der Waals surface area (Å²) in [7, 11) is 0. The van der Waals surface area contributed by atoms with Crippen LogP contribution in [0.3, 0.4) is 0 Å². The highest BCUT2D eigenvalue weighted by atomic mass is 79.9. The summed E-state index contributed by atoms with van der Waals surface area (Å²) in [6.07, 6.45) is 6.37. The van der Waals surface area contributed by atoms with Crippen molar-refractivity contribution in [3.8, 4) is 0 Å². The zero-order valence-electron chi connectivity index (χ0n) is 15.0. The van der Waals surface area contributed by atoms with Gasteiger partial charge in [-0.05, 0) is 34.5 Å². The maximum Gasteiger partial charge on any atom is 0.197 e. The van der Waals surface area contributed by atoms with Crippen molar-refractivity contribution in [2.24, 2.45) is 0 Å². The van der Waals surface area contributed by atoms with Crippen LogP contribution in [-0.2, 0) is 25.9 Å². The molecule has 7 heteroatoms. The summed E-state index contributed by atoms with van der Waals surface area (Å²) >= 11 is 6.89. The Kier molecular flexibility index (Phi) is 5.43. The number of nitrogens with zero attached hydrogens (tertiary/aromatic N) is 3. The van der Waals surface area contributed by atoms with E-state index in [-0.39, 0.29) is 5.43 Å². The Morgan fingerprint density at radius 1 is 1.30 bits per heavy atom. The summed E-state index contributed by atoms with van der Waals surface area (Å²) < 4.78 is 7.36. The van der Waals surface area contributed by atoms with Gasteiger partial charge in [-0.15, -0.1) is 0 Å². The van der Waals surface area contributed by atoms with Crippen LogP contribution in [0.25, 0.3) is 11.0 Å². The van der Waals surface area contributed by atoms with Gasteiger partial charge in [0, 0.05) is 60.0 Å². The fourth-order valence-corrected chi connectivity index (χ4v) is 4.77. The Hall–Kier alpha value is -1.57. The van der Waals surface area contributed by atoms with Gasteiger partial charge in [-0.1, -0.05) is 22.9 Å². The maximum absolute atomic E-state index is 12.9. The second-order valence-corrected chi connectivity index (χ2v) is 8.59. The molecule has 0 aliphatic carbocycles. The number of fused-ring (bicyclic) bond motifs is 2. The molecule has 0 unspecified atom stereocenters. The van der Waals surface area contributed by atoms with Crippen LogP contribution in [0.2, 0.25) is 0 Å². The van der Waals surface area contributed by atoms with E-state index in [1.807, 2.05) is 18.3 Å². The van der Waals surface area contributed by atoms with Gasteiger partial charge in [0.2, 0.25) is 0 Å². The van der Waals surface area contributed by atoms with E-state index in [1.54, 1.807) is 6.26 Å². The zero-order chi connectivity index (χ0) is 19.0. The molecule has 4 rings (SSSR count). The van der Waals surface area contributed by atoms with Crippen molar-refractivity contribution in [3.05, 3.63) is 66.4 Å². The average molecular weight is 493 g/mol. The van der Waals surface area contributed by atoms with Gasteiger partial charge >= 0.3 is 0 Å². The molecule has 0 spiro atoms. The van der Waals surface area contributed by atoms with E-state index < -0.39 is 0 Å². The monoisotopic (exact) mass is 491 g/mol. The van der Waals surface area contributed by atoms with Crippen LogP contribution in [0.4, 0.5) is 0 Å². The van der Waals surface area contributed by atoms with Gasteiger partial charge in [-0.3, -0.25) is 9.69 Å². The lowest BCUT2D eigenvalue weighted by Gasteiger charge is -2.27. The summed E-state index contributed by atoms with van der Waals surface area (Å²) in [5.41, 5.74) is 3.55. The third-order valence-corrected chi connectivity index (χ3v) is 5.84. The molecule has 0 saturated heterocycles. The Morgan fingerprint density at radius 3 is 2.96 bits per heavy atom. The number of aromatic nitrogens is 2. The Balaban J connectivity index is 1.58. The van der Waals surface area contributed by atoms with Crippen molar-refractivity contribution in [1.82, 2.24) is 14.9 Å². The molecule has 0 amide bonds. The van der Waals surface area contributed by atoms with Gasteiger partial charge in [0.1, 0.15) is 5.82 Å².